The van der Waals surface area contributed by atoms with E-state index in [9.17, 15) is 9.59 Å². The van der Waals surface area contributed by atoms with Crippen LogP contribution in [0.5, 0.6) is 0 Å². The van der Waals surface area contributed by atoms with Gasteiger partial charge in [-0.3, -0.25) is 14.7 Å². The molecule has 120 valence electrons. The van der Waals surface area contributed by atoms with Crippen LogP contribution in [0.3, 0.4) is 0 Å². The summed E-state index contributed by atoms with van der Waals surface area (Å²) in [4.78, 5) is 28.6. The van der Waals surface area contributed by atoms with Crippen LogP contribution in [0.15, 0.2) is 6.07 Å². The van der Waals surface area contributed by atoms with Crippen LogP contribution in [0.2, 0.25) is 0 Å². The van der Waals surface area contributed by atoms with E-state index in [1.165, 1.54) is 12.8 Å². The molecule has 2 fully saturated rings. The lowest BCUT2D eigenvalue weighted by molar-refractivity contribution is -0.138. The van der Waals surface area contributed by atoms with Gasteiger partial charge in [0.1, 0.15) is 11.7 Å². The molecule has 6 heteroatoms. The molecule has 1 saturated heterocycles. The van der Waals surface area contributed by atoms with E-state index >= 15 is 0 Å². The van der Waals surface area contributed by atoms with E-state index in [1.54, 1.807) is 9.80 Å². The van der Waals surface area contributed by atoms with Gasteiger partial charge in [0.25, 0.3) is 5.91 Å². The van der Waals surface area contributed by atoms with Crippen LogP contribution in [-0.2, 0) is 4.79 Å². The van der Waals surface area contributed by atoms with Crippen molar-refractivity contribution in [2.24, 2.45) is 0 Å². The first-order valence-corrected chi connectivity index (χ1v) is 8.23. The molecule has 0 radical (unpaired) electrons. The quantitative estimate of drug-likeness (QED) is 0.901. The van der Waals surface area contributed by atoms with Gasteiger partial charge >= 0.3 is 0 Å². The Morgan fingerprint density at radius 2 is 2.18 bits per heavy atom. The maximum absolute atomic E-state index is 12.8. The number of hydrogen-bond acceptors (Lipinski definition) is 3. The number of unbranched alkanes of at least 4 members (excludes halogenated alkanes) is 1. The fourth-order valence-electron chi connectivity index (χ4n) is 3.03. The molecule has 0 aromatic carbocycles. The summed E-state index contributed by atoms with van der Waals surface area (Å²) < 4.78 is 0. The Balaban J connectivity index is 1.76. The second kappa shape index (κ2) is 6.10. The van der Waals surface area contributed by atoms with E-state index in [1.807, 2.05) is 13.1 Å². The molecule has 2 heterocycles. The van der Waals surface area contributed by atoms with E-state index in [-0.39, 0.29) is 17.9 Å². The number of nitrogens with zero attached hydrogens (tertiary/aromatic N) is 3. The van der Waals surface area contributed by atoms with Crippen molar-refractivity contribution in [1.29, 1.82) is 0 Å². The fraction of sp³-hybridized carbons (Fsp3) is 0.688. The highest BCUT2D eigenvalue weighted by Crippen LogP contribution is 2.39. The number of rotatable bonds is 5. The topological polar surface area (TPSA) is 69.3 Å². The summed E-state index contributed by atoms with van der Waals surface area (Å²) in [5.41, 5.74) is 1.50. The van der Waals surface area contributed by atoms with Gasteiger partial charge in [-0.1, -0.05) is 19.8 Å². The van der Waals surface area contributed by atoms with E-state index < -0.39 is 0 Å². The van der Waals surface area contributed by atoms with Gasteiger partial charge in [-0.05, 0) is 25.3 Å². The smallest absolute Gasteiger partial charge is 0.275 e. The molecule has 1 atom stereocenters. The fourth-order valence-corrected chi connectivity index (χ4v) is 3.03. The molecule has 1 aromatic rings. The normalized spacial score (nSPS) is 22.3. The highest BCUT2D eigenvalue weighted by Gasteiger charge is 2.37. The SMILES string of the molecule is CCCCC1C(=O)N(C)CCN1C(=O)c1cc(C2CC2)[nH]n1. The zero-order valence-corrected chi connectivity index (χ0v) is 13.3. The van der Waals surface area contributed by atoms with Crippen LogP contribution in [0.25, 0.3) is 0 Å². The Kier molecular flexibility index (Phi) is 4.18. The standard InChI is InChI=1S/C16H24N4O2/c1-3-4-5-14-16(22)19(2)8-9-20(14)15(21)13-10-12(17-18-13)11-6-7-11/h10-11,14H,3-9H2,1-2H3,(H,17,18). The van der Waals surface area contributed by atoms with Crippen LogP contribution in [0, 0.1) is 0 Å². The number of likely N-dealkylation sites (N-methyl/N-ethyl adjacent to an activating group) is 1. The number of aromatic nitrogens is 2. The van der Waals surface area contributed by atoms with E-state index in [0.717, 1.165) is 25.0 Å². The molecule has 0 bridgehead atoms. The third-order valence-corrected chi connectivity index (χ3v) is 4.64. The molecule has 1 unspecified atom stereocenters. The van der Waals surface area contributed by atoms with Crippen molar-refractivity contribution in [2.45, 2.75) is 51.0 Å². The van der Waals surface area contributed by atoms with Crippen LogP contribution >= 0.6 is 0 Å². The Morgan fingerprint density at radius 1 is 1.41 bits per heavy atom. The zero-order valence-electron chi connectivity index (χ0n) is 13.3. The highest BCUT2D eigenvalue weighted by atomic mass is 16.2. The summed E-state index contributed by atoms with van der Waals surface area (Å²) in [6.45, 7) is 3.27. The highest BCUT2D eigenvalue weighted by molar-refractivity contribution is 5.96. The van der Waals surface area contributed by atoms with Gasteiger partial charge in [-0.25, -0.2) is 0 Å². The van der Waals surface area contributed by atoms with Crippen molar-refractivity contribution in [3.05, 3.63) is 17.5 Å². The summed E-state index contributed by atoms with van der Waals surface area (Å²) in [6.07, 6.45) is 5.03. The molecule has 2 aliphatic rings. The molecule has 0 spiro atoms. The first-order chi connectivity index (χ1) is 10.6. The van der Waals surface area contributed by atoms with Gasteiger partial charge in [0.15, 0.2) is 0 Å². The lowest BCUT2D eigenvalue weighted by Gasteiger charge is -2.38. The lowest BCUT2D eigenvalue weighted by Crippen LogP contribution is -2.57. The third kappa shape index (κ3) is 2.87. The molecule has 1 N–H and O–H groups in total. The van der Waals surface area contributed by atoms with Gasteiger partial charge in [0, 0.05) is 31.7 Å². The van der Waals surface area contributed by atoms with Crippen LogP contribution in [0.1, 0.15) is 61.1 Å². The van der Waals surface area contributed by atoms with Crippen LogP contribution in [0.4, 0.5) is 0 Å². The van der Waals surface area contributed by atoms with Crippen LogP contribution in [-0.4, -0.2) is 58.0 Å². The molecule has 1 aliphatic carbocycles. The zero-order chi connectivity index (χ0) is 15.7. The molecule has 1 saturated carbocycles. The molecular formula is C16H24N4O2. The van der Waals surface area contributed by atoms with Gasteiger partial charge < -0.3 is 9.80 Å². The van der Waals surface area contributed by atoms with Gasteiger partial charge in [-0.15, -0.1) is 0 Å². The number of nitrogens with one attached hydrogen (secondary N) is 1. The molecule has 1 aliphatic heterocycles. The van der Waals surface area contributed by atoms with Crippen molar-refractivity contribution in [1.82, 2.24) is 20.0 Å². The molecular weight excluding hydrogens is 280 g/mol. The van der Waals surface area contributed by atoms with Gasteiger partial charge in [0.2, 0.25) is 5.91 Å². The van der Waals surface area contributed by atoms with Crippen molar-refractivity contribution >= 4 is 11.8 Å². The number of amides is 2. The van der Waals surface area contributed by atoms with E-state index in [4.69, 9.17) is 0 Å². The average molecular weight is 304 g/mol. The molecule has 2 amide bonds. The monoisotopic (exact) mass is 304 g/mol. The second-order valence-electron chi connectivity index (χ2n) is 6.40. The number of H-pyrrole nitrogens is 1. The first-order valence-electron chi connectivity index (χ1n) is 8.23. The van der Waals surface area contributed by atoms with Crippen molar-refractivity contribution in [3.63, 3.8) is 0 Å². The maximum Gasteiger partial charge on any atom is 0.275 e. The number of carbonyl (C=O) groups excluding carboxylic acids is 2. The maximum atomic E-state index is 12.8. The Labute approximate surface area is 130 Å². The Morgan fingerprint density at radius 3 is 2.86 bits per heavy atom. The number of hydrogen-bond donors (Lipinski definition) is 1. The molecule has 22 heavy (non-hydrogen) atoms. The molecule has 1 aromatic heterocycles. The average Bonchev–Trinajstić information content (AvgIpc) is 3.25. The predicted octanol–water partition coefficient (Wildman–Crippen LogP) is 1.76. The summed E-state index contributed by atoms with van der Waals surface area (Å²) in [6, 6.07) is 1.52. The number of aromatic amines is 1. The minimum atomic E-state index is -0.340. The molecule has 3 rings (SSSR count). The second-order valence-corrected chi connectivity index (χ2v) is 6.40. The third-order valence-electron chi connectivity index (χ3n) is 4.64. The largest absolute Gasteiger partial charge is 0.342 e. The van der Waals surface area contributed by atoms with Crippen LogP contribution < -0.4 is 0 Å². The summed E-state index contributed by atoms with van der Waals surface area (Å²) in [5.74, 6) is 0.468. The molecule has 6 nitrogen and oxygen atoms in total. The van der Waals surface area contributed by atoms with Crippen molar-refractivity contribution in [3.8, 4) is 0 Å². The van der Waals surface area contributed by atoms with Gasteiger partial charge in [-0.2, -0.15) is 5.10 Å². The van der Waals surface area contributed by atoms with E-state index in [2.05, 4.69) is 17.1 Å². The van der Waals surface area contributed by atoms with Gasteiger partial charge in [0.05, 0.1) is 0 Å². The Bertz CT molecular complexity index is 564. The minimum absolute atomic E-state index is 0.0472. The first kappa shape index (κ1) is 15.1. The Hall–Kier alpha value is -1.85. The predicted molar refractivity (Wildman–Crippen MR) is 82.5 cm³/mol. The summed E-state index contributed by atoms with van der Waals surface area (Å²) >= 11 is 0. The van der Waals surface area contributed by atoms with Crippen molar-refractivity contribution < 1.29 is 9.59 Å². The lowest BCUT2D eigenvalue weighted by atomic mass is 10.0. The summed E-state index contributed by atoms with van der Waals surface area (Å²) in [5, 5.41) is 7.14. The van der Waals surface area contributed by atoms with Crippen molar-refractivity contribution in [2.75, 3.05) is 20.1 Å². The minimum Gasteiger partial charge on any atom is -0.342 e. The number of carbonyl (C=O) groups is 2. The number of piperazine rings is 1. The summed E-state index contributed by atoms with van der Waals surface area (Å²) in [7, 11) is 1.81. The van der Waals surface area contributed by atoms with E-state index in [0.29, 0.717) is 24.7 Å².